The van der Waals surface area contributed by atoms with Gasteiger partial charge in [0.25, 0.3) is 0 Å². The molecule has 1 unspecified atom stereocenters. The number of aliphatic carboxylic acids is 1. The molecule has 3 atom stereocenters. The molecule has 120 valence electrons. The Morgan fingerprint density at radius 2 is 1.95 bits per heavy atom. The van der Waals surface area contributed by atoms with E-state index in [4.69, 9.17) is 9.84 Å². The van der Waals surface area contributed by atoms with Crippen molar-refractivity contribution in [1.82, 2.24) is 4.90 Å². The summed E-state index contributed by atoms with van der Waals surface area (Å²) in [6, 6.07) is 0. The molecule has 5 heteroatoms. The summed E-state index contributed by atoms with van der Waals surface area (Å²) in [5, 5.41) is 9.02. The summed E-state index contributed by atoms with van der Waals surface area (Å²) in [5.41, 5.74) is 0. The summed E-state index contributed by atoms with van der Waals surface area (Å²) in [5.74, 6) is -0.425. The maximum absolute atomic E-state index is 12.4. The second-order valence-electron chi connectivity index (χ2n) is 6.79. The van der Waals surface area contributed by atoms with E-state index in [0.717, 1.165) is 26.0 Å². The Morgan fingerprint density at radius 1 is 1.24 bits per heavy atom. The van der Waals surface area contributed by atoms with Crippen LogP contribution in [0.2, 0.25) is 0 Å². The van der Waals surface area contributed by atoms with E-state index < -0.39 is 5.97 Å². The van der Waals surface area contributed by atoms with Crippen LogP contribution in [0.4, 0.5) is 0 Å². The van der Waals surface area contributed by atoms with Crippen LogP contribution in [0.1, 0.15) is 46.0 Å². The van der Waals surface area contributed by atoms with Crippen LogP contribution in [-0.2, 0) is 14.3 Å². The summed E-state index contributed by atoms with van der Waals surface area (Å²) in [7, 11) is 0. The van der Waals surface area contributed by atoms with Crippen molar-refractivity contribution in [3.8, 4) is 0 Å². The van der Waals surface area contributed by atoms with E-state index >= 15 is 0 Å². The highest BCUT2D eigenvalue weighted by Gasteiger charge is 2.37. The number of ether oxygens (including phenoxy) is 1. The molecule has 2 fully saturated rings. The van der Waals surface area contributed by atoms with Crippen molar-refractivity contribution in [2.24, 2.45) is 17.8 Å². The third kappa shape index (κ3) is 4.43. The Kier molecular flexibility index (Phi) is 5.62. The third-order valence-corrected chi connectivity index (χ3v) is 4.64. The summed E-state index contributed by atoms with van der Waals surface area (Å²) in [6.45, 7) is 6.53. The van der Waals surface area contributed by atoms with E-state index in [-0.39, 0.29) is 23.8 Å². The van der Waals surface area contributed by atoms with Crippen LogP contribution in [0.5, 0.6) is 0 Å². The summed E-state index contributed by atoms with van der Waals surface area (Å²) in [6.07, 6.45) is 3.96. The molecule has 0 radical (unpaired) electrons. The monoisotopic (exact) mass is 297 g/mol. The number of nitrogens with zero attached hydrogens (tertiary/aromatic N) is 1. The van der Waals surface area contributed by atoms with E-state index in [0.29, 0.717) is 31.7 Å². The lowest BCUT2D eigenvalue weighted by Crippen LogP contribution is -2.34. The number of carbonyl (C=O) groups is 2. The van der Waals surface area contributed by atoms with Crippen molar-refractivity contribution >= 4 is 11.9 Å². The lowest BCUT2D eigenvalue weighted by molar-refractivity contribution is -0.141. The van der Waals surface area contributed by atoms with Gasteiger partial charge in [0.2, 0.25) is 5.91 Å². The Morgan fingerprint density at radius 3 is 2.57 bits per heavy atom. The van der Waals surface area contributed by atoms with Gasteiger partial charge in [0.05, 0.1) is 12.0 Å². The standard InChI is InChI=1S/C16H27NO4/c1-11(2)6-8-21-14-5-7-17(10-14)15(18)12-3-4-13(9-12)16(19)20/h11-14H,3-10H2,1-2H3,(H,19,20)/t12-,13+,14?/m1/s1. The van der Waals surface area contributed by atoms with Crippen LogP contribution in [0.25, 0.3) is 0 Å². The first-order chi connectivity index (χ1) is 9.97. The minimum atomic E-state index is -0.762. The smallest absolute Gasteiger partial charge is 0.306 e. The Bertz CT molecular complexity index is 382. The highest BCUT2D eigenvalue weighted by Crippen LogP contribution is 2.33. The zero-order valence-electron chi connectivity index (χ0n) is 13.1. The molecule has 1 aliphatic heterocycles. The van der Waals surface area contributed by atoms with Crippen molar-refractivity contribution in [3.63, 3.8) is 0 Å². The first-order valence-corrected chi connectivity index (χ1v) is 8.10. The van der Waals surface area contributed by atoms with Gasteiger partial charge in [-0.25, -0.2) is 0 Å². The second kappa shape index (κ2) is 7.25. The fraction of sp³-hybridized carbons (Fsp3) is 0.875. The third-order valence-electron chi connectivity index (χ3n) is 4.64. The molecule has 2 rings (SSSR count). The van der Waals surface area contributed by atoms with E-state index in [2.05, 4.69) is 13.8 Å². The average Bonchev–Trinajstić information content (AvgIpc) is 3.06. The van der Waals surface area contributed by atoms with Crippen LogP contribution in [-0.4, -0.2) is 47.7 Å². The normalized spacial score (nSPS) is 29.3. The molecule has 0 aromatic heterocycles. The highest BCUT2D eigenvalue weighted by atomic mass is 16.5. The highest BCUT2D eigenvalue weighted by molar-refractivity contribution is 5.81. The van der Waals surface area contributed by atoms with Gasteiger partial charge in [-0.2, -0.15) is 0 Å². The Hall–Kier alpha value is -1.10. The van der Waals surface area contributed by atoms with Gasteiger partial charge in [-0.3, -0.25) is 9.59 Å². The predicted octanol–water partition coefficient (Wildman–Crippen LogP) is 2.15. The van der Waals surface area contributed by atoms with Crippen molar-refractivity contribution in [2.75, 3.05) is 19.7 Å². The van der Waals surface area contributed by atoms with Gasteiger partial charge in [0.1, 0.15) is 0 Å². The minimum absolute atomic E-state index is 0.0967. The number of likely N-dealkylation sites (tertiary alicyclic amines) is 1. The number of amides is 1. The van der Waals surface area contributed by atoms with Crippen LogP contribution in [0, 0.1) is 17.8 Å². The largest absolute Gasteiger partial charge is 0.481 e. The van der Waals surface area contributed by atoms with E-state index in [9.17, 15) is 9.59 Å². The van der Waals surface area contributed by atoms with Gasteiger partial charge in [0, 0.05) is 25.6 Å². The fourth-order valence-electron chi connectivity index (χ4n) is 3.22. The Balaban J connectivity index is 1.74. The average molecular weight is 297 g/mol. The summed E-state index contributed by atoms with van der Waals surface area (Å²) in [4.78, 5) is 25.3. The molecular weight excluding hydrogens is 270 g/mol. The molecule has 5 nitrogen and oxygen atoms in total. The van der Waals surface area contributed by atoms with Crippen LogP contribution in [0.15, 0.2) is 0 Å². The van der Waals surface area contributed by atoms with Gasteiger partial charge in [-0.1, -0.05) is 13.8 Å². The number of hydrogen-bond donors (Lipinski definition) is 1. The molecule has 1 heterocycles. The lowest BCUT2D eigenvalue weighted by atomic mass is 10.0. The zero-order chi connectivity index (χ0) is 15.4. The second-order valence-corrected chi connectivity index (χ2v) is 6.79. The lowest BCUT2D eigenvalue weighted by Gasteiger charge is -2.20. The molecule has 0 spiro atoms. The van der Waals surface area contributed by atoms with E-state index in [1.165, 1.54) is 0 Å². The van der Waals surface area contributed by atoms with Gasteiger partial charge in [-0.15, -0.1) is 0 Å². The van der Waals surface area contributed by atoms with Gasteiger partial charge in [-0.05, 0) is 38.0 Å². The molecule has 0 aromatic rings. The quantitative estimate of drug-likeness (QED) is 0.816. The van der Waals surface area contributed by atoms with Crippen LogP contribution >= 0.6 is 0 Å². The van der Waals surface area contributed by atoms with Gasteiger partial charge < -0.3 is 14.7 Å². The molecule has 1 saturated heterocycles. The molecule has 0 aromatic carbocycles. The molecule has 2 aliphatic rings. The number of carboxylic acid groups (broad SMARTS) is 1. The molecular formula is C16H27NO4. The van der Waals surface area contributed by atoms with Crippen molar-refractivity contribution in [3.05, 3.63) is 0 Å². The maximum atomic E-state index is 12.4. The van der Waals surface area contributed by atoms with Crippen molar-refractivity contribution in [1.29, 1.82) is 0 Å². The van der Waals surface area contributed by atoms with Crippen molar-refractivity contribution in [2.45, 2.75) is 52.1 Å². The number of hydrogen-bond acceptors (Lipinski definition) is 3. The predicted molar refractivity (Wildman–Crippen MR) is 78.9 cm³/mol. The Labute approximate surface area is 126 Å². The molecule has 0 bridgehead atoms. The first-order valence-electron chi connectivity index (χ1n) is 8.10. The molecule has 1 saturated carbocycles. The molecule has 1 N–H and O–H groups in total. The number of carboxylic acids is 1. The van der Waals surface area contributed by atoms with Crippen LogP contribution in [0.3, 0.4) is 0 Å². The first kappa shape index (κ1) is 16.3. The SMILES string of the molecule is CC(C)CCOC1CCN(C(=O)[C@@H]2CC[C@H](C(=O)O)C2)C1. The van der Waals surface area contributed by atoms with Crippen LogP contribution < -0.4 is 0 Å². The molecule has 21 heavy (non-hydrogen) atoms. The fourth-order valence-corrected chi connectivity index (χ4v) is 3.22. The number of carbonyl (C=O) groups excluding carboxylic acids is 1. The summed E-state index contributed by atoms with van der Waals surface area (Å²) < 4.78 is 5.83. The minimum Gasteiger partial charge on any atom is -0.481 e. The summed E-state index contributed by atoms with van der Waals surface area (Å²) >= 11 is 0. The van der Waals surface area contributed by atoms with Gasteiger partial charge >= 0.3 is 5.97 Å². The molecule has 1 amide bonds. The zero-order valence-corrected chi connectivity index (χ0v) is 13.1. The van der Waals surface area contributed by atoms with Crippen molar-refractivity contribution < 1.29 is 19.4 Å². The maximum Gasteiger partial charge on any atom is 0.306 e. The topological polar surface area (TPSA) is 66.8 Å². The van der Waals surface area contributed by atoms with E-state index in [1.54, 1.807) is 0 Å². The number of rotatable bonds is 6. The van der Waals surface area contributed by atoms with Gasteiger partial charge in [0.15, 0.2) is 0 Å². The van der Waals surface area contributed by atoms with E-state index in [1.807, 2.05) is 4.90 Å². The molecule has 1 aliphatic carbocycles.